The van der Waals surface area contributed by atoms with Gasteiger partial charge in [0, 0.05) is 42.8 Å². The molecule has 4 rings (SSSR count). The first-order valence-corrected chi connectivity index (χ1v) is 11.5. The molecule has 0 atom stereocenters. The van der Waals surface area contributed by atoms with Crippen LogP contribution in [0.3, 0.4) is 0 Å². The number of H-pyrrole nitrogens is 1. The third kappa shape index (κ3) is 4.69. The number of benzene rings is 1. The molecule has 0 saturated heterocycles. The van der Waals surface area contributed by atoms with Crippen LogP contribution in [0.1, 0.15) is 64.7 Å². The van der Waals surface area contributed by atoms with Crippen LogP contribution in [0.2, 0.25) is 0 Å². The maximum Gasteiger partial charge on any atom is 0.268 e. The standard InChI is InChI=1S/C25H32N6O2/c1-14-21(16(3)32)15(2)26-22(14)24(33)27-17-10-12-18(13-11-17)28-25-29-20-9-7-6-8-19(20)23(30-25)31(4)5/h6-9,17-18,26H,10-13H2,1-5H3,(H,27,33)(H,28,29,30)/t17-,18+. The van der Waals surface area contributed by atoms with Gasteiger partial charge in [0.05, 0.1) is 5.52 Å². The van der Waals surface area contributed by atoms with Crippen LogP contribution < -0.4 is 15.5 Å². The van der Waals surface area contributed by atoms with Gasteiger partial charge in [-0.15, -0.1) is 0 Å². The predicted octanol–water partition coefficient (Wildman–Crippen LogP) is 4.00. The van der Waals surface area contributed by atoms with E-state index in [2.05, 4.69) is 15.6 Å². The van der Waals surface area contributed by atoms with Gasteiger partial charge in [-0.2, -0.15) is 4.98 Å². The highest BCUT2D eigenvalue weighted by Crippen LogP contribution is 2.27. The lowest BCUT2D eigenvalue weighted by atomic mass is 9.91. The van der Waals surface area contributed by atoms with E-state index < -0.39 is 0 Å². The van der Waals surface area contributed by atoms with E-state index in [4.69, 9.17) is 9.97 Å². The van der Waals surface area contributed by atoms with Crippen molar-refractivity contribution in [2.24, 2.45) is 0 Å². The molecule has 0 spiro atoms. The van der Waals surface area contributed by atoms with E-state index in [1.807, 2.05) is 57.1 Å². The molecule has 8 heteroatoms. The fourth-order valence-corrected chi connectivity index (χ4v) is 4.79. The summed E-state index contributed by atoms with van der Waals surface area (Å²) < 4.78 is 0. The van der Waals surface area contributed by atoms with E-state index in [-0.39, 0.29) is 23.8 Å². The summed E-state index contributed by atoms with van der Waals surface area (Å²) in [6.45, 7) is 5.18. The summed E-state index contributed by atoms with van der Waals surface area (Å²) in [6, 6.07) is 8.39. The lowest BCUT2D eigenvalue weighted by Gasteiger charge is -2.30. The molecule has 3 N–H and O–H groups in total. The Kier molecular flexibility index (Phi) is 6.35. The first-order chi connectivity index (χ1) is 15.7. The smallest absolute Gasteiger partial charge is 0.268 e. The molecule has 1 amide bonds. The zero-order chi connectivity index (χ0) is 23.7. The molecule has 0 radical (unpaired) electrons. The first kappa shape index (κ1) is 22.8. The Bertz CT molecular complexity index is 1190. The topological polar surface area (TPSA) is 103 Å². The molecule has 1 aliphatic rings. The van der Waals surface area contributed by atoms with Crippen molar-refractivity contribution >= 4 is 34.4 Å². The number of aromatic amines is 1. The molecule has 8 nitrogen and oxygen atoms in total. The van der Waals surface area contributed by atoms with Crippen molar-refractivity contribution < 1.29 is 9.59 Å². The maximum atomic E-state index is 12.8. The molecular formula is C25H32N6O2. The third-order valence-corrected chi connectivity index (χ3v) is 6.42. The number of fused-ring (bicyclic) bond motifs is 1. The van der Waals surface area contributed by atoms with Gasteiger partial charge in [-0.1, -0.05) is 12.1 Å². The molecule has 1 aliphatic carbocycles. The fourth-order valence-electron chi connectivity index (χ4n) is 4.79. The molecule has 0 bridgehead atoms. The molecule has 33 heavy (non-hydrogen) atoms. The minimum absolute atomic E-state index is 0.0276. The van der Waals surface area contributed by atoms with Gasteiger partial charge in [0.25, 0.3) is 5.91 Å². The Morgan fingerprint density at radius 1 is 1.03 bits per heavy atom. The number of para-hydroxylation sites is 1. The van der Waals surface area contributed by atoms with Crippen molar-refractivity contribution in [2.45, 2.75) is 58.5 Å². The van der Waals surface area contributed by atoms with Crippen LogP contribution in [-0.2, 0) is 0 Å². The molecule has 1 fully saturated rings. The number of anilines is 2. The summed E-state index contributed by atoms with van der Waals surface area (Å²) in [5, 5.41) is 7.67. The van der Waals surface area contributed by atoms with Gasteiger partial charge in [0.15, 0.2) is 5.78 Å². The van der Waals surface area contributed by atoms with Crippen molar-refractivity contribution in [3.63, 3.8) is 0 Å². The molecule has 1 aromatic carbocycles. The predicted molar refractivity (Wildman–Crippen MR) is 131 cm³/mol. The number of carbonyl (C=O) groups is 2. The average Bonchev–Trinajstić information content (AvgIpc) is 3.08. The number of aryl methyl sites for hydroxylation is 1. The summed E-state index contributed by atoms with van der Waals surface area (Å²) in [4.78, 5) is 39.2. The van der Waals surface area contributed by atoms with Crippen LogP contribution in [-0.4, -0.2) is 52.8 Å². The number of carbonyl (C=O) groups excluding carboxylic acids is 2. The van der Waals surface area contributed by atoms with Gasteiger partial charge < -0.3 is 20.5 Å². The summed E-state index contributed by atoms with van der Waals surface area (Å²) in [7, 11) is 3.97. The highest BCUT2D eigenvalue weighted by atomic mass is 16.2. The van der Waals surface area contributed by atoms with Crippen molar-refractivity contribution in [3.8, 4) is 0 Å². The number of aromatic nitrogens is 3. The van der Waals surface area contributed by atoms with E-state index >= 15 is 0 Å². The molecule has 2 aromatic heterocycles. The number of ketones is 1. The summed E-state index contributed by atoms with van der Waals surface area (Å²) >= 11 is 0. The fraction of sp³-hybridized carbons (Fsp3) is 0.440. The largest absolute Gasteiger partial charge is 0.362 e. The molecule has 2 heterocycles. The van der Waals surface area contributed by atoms with Gasteiger partial charge in [0.1, 0.15) is 11.5 Å². The van der Waals surface area contributed by atoms with Crippen molar-refractivity contribution in [2.75, 3.05) is 24.3 Å². The van der Waals surface area contributed by atoms with Crippen molar-refractivity contribution in [3.05, 3.63) is 46.8 Å². The average molecular weight is 449 g/mol. The number of nitrogens with one attached hydrogen (secondary N) is 3. The van der Waals surface area contributed by atoms with Gasteiger partial charge in [-0.3, -0.25) is 9.59 Å². The second-order valence-corrected chi connectivity index (χ2v) is 9.13. The second kappa shape index (κ2) is 9.21. The van der Waals surface area contributed by atoms with E-state index in [1.54, 1.807) is 0 Å². The van der Waals surface area contributed by atoms with E-state index in [9.17, 15) is 9.59 Å². The Hall–Kier alpha value is -3.42. The van der Waals surface area contributed by atoms with Gasteiger partial charge >= 0.3 is 0 Å². The SMILES string of the molecule is CC(=O)c1c(C)[nH]c(C(=O)N[C@H]2CC[C@@H](Nc3nc(N(C)C)c4ccccc4n3)CC2)c1C. The van der Waals surface area contributed by atoms with Crippen LogP contribution in [0.15, 0.2) is 24.3 Å². The molecule has 3 aromatic rings. The van der Waals surface area contributed by atoms with Crippen LogP contribution in [0, 0.1) is 13.8 Å². The quantitative estimate of drug-likeness (QED) is 0.493. The van der Waals surface area contributed by atoms with E-state index in [0.717, 1.165) is 53.7 Å². The van der Waals surface area contributed by atoms with Crippen LogP contribution in [0.25, 0.3) is 10.9 Å². The lowest BCUT2D eigenvalue weighted by molar-refractivity contribution is 0.0921. The number of Topliss-reactive ketones (excluding diaryl/α,β-unsaturated/α-hetero) is 1. The van der Waals surface area contributed by atoms with E-state index in [0.29, 0.717) is 17.2 Å². The van der Waals surface area contributed by atoms with Crippen molar-refractivity contribution in [1.29, 1.82) is 0 Å². The summed E-state index contributed by atoms with van der Waals surface area (Å²) in [5.41, 5.74) is 3.48. The van der Waals surface area contributed by atoms with Crippen molar-refractivity contribution in [1.82, 2.24) is 20.3 Å². The lowest BCUT2D eigenvalue weighted by Crippen LogP contribution is -2.40. The number of nitrogens with zero attached hydrogens (tertiary/aromatic N) is 3. The molecule has 0 aliphatic heterocycles. The first-order valence-electron chi connectivity index (χ1n) is 11.5. The number of hydrogen-bond donors (Lipinski definition) is 3. The number of rotatable bonds is 6. The Morgan fingerprint density at radius 3 is 2.33 bits per heavy atom. The van der Waals surface area contributed by atoms with Gasteiger partial charge in [0.2, 0.25) is 5.95 Å². The third-order valence-electron chi connectivity index (χ3n) is 6.42. The van der Waals surface area contributed by atoms with Gasteiger partial charge in [-0.25, -0.2) is 4.98 Å². The number of hydrogen-bond acceptors (Lipinski definition) is 6. The molecule has 1 saturated carbocycles. The zero-order valence-electron chi connectivity index (χ0n) is 20.0. The monoisotopic (exact) mass is 448 g/mol. The highest BCUT2D eigenvalue weighted by Gasteiger charge is 2.26. The highest BCUT2D eigenvalue weighted by molar-refractivity contribution is 6.02. The summed E-state index contributed by atoms with van der Waals surface area (Å²) in [5.74, 6) is 1.36. The Morgan fingerprint density at radius 2 is 1.70 bits per heavy atom. The van der Waals surface area contributed by atoms with Crippen LogP contribution in [0.5, 0.6) is 0 Å². The zero-order valence-corrected chi connectivity index (χ0v) is 20.0. The van der Waals surface area contributed by atoms with E-state index in [1.165, 1.54) is 6.92 Å². The number of amides is 1. The maximum absolute atomic E-state index is 12.8. The van der Waals surface area contributed by atoms with Crippen LogP contribution >= 0.6 is 0 Å². The Labute approximate surface area is 194 Å². The second-order valence-electron chi connectivity index (χ2n) is 9.13. The minimum Gasteiger partial charge on any atom is -0.362 e. The van der Waals surface area contributed by atoms with Crippen LogP contribution in [0.4, 0.5) is 11.8 Å². The molecular weight excluding hydrogens is 416 g/mol. The molecule has 174 valence electrons. The summed E-state index contributed by atoms with van der Waals surface area (Å²) in [6.07, 6.45) is 3.57. The Balaban J connectivity index is 1.38. The van der Waals surface area contributed by atoms with Gasteiger partial charge in [-0.05, 0) is 64.2 Å². The molecule has 0 unspecified atom stereocenters. The minimum atomic E-state index is -0.145. The normalized spacial score (nSPS) is 18.2.